The van der Waals surface area contributed by atoms with Crippen molar-refractivity contribution < 1.29 is 0 Å². The lowest BCUT2D eigenvalue weighted by molar-refractivity contribution is 0.768. The Morgan fingerprint density at radius 1 is 0.610 bits per heavy atom. The molecule has 41 heavy (non-hydrogen) atoms. The second-order valence-electron chi connectivity index (χ2n) is 10.8. The summed E-state index contributed by atoms with van der Waals surface area (Å²) in [5.74, 6) is 0. The van der Waals surface area contributed by atoms with Gasteiger partial charge in [-0.15, -0.1) is 0 Å². The van der Waals surface area contributed by atoms with Gasteiger partial charge >= 0.3 is 0 Å². The number of anilines is 5. The lowest BCUT2D eigenvalue weighted by Gasteiger charge is -2.33. The van der Waals surface area contributed by atoms with Crippen LogP contribution in [0.15, 0.2) is 127 Å². The molecule has 3 nitrogen and oxygen atoms in total. The maximum Gasteiger partial charge on any atom is 0.0991 e. The molecule has 0 atom stereocenters. The van der Waals surface area contributed by atoms with Crippen molar-refractivity contribution in [3.63, 3.8) is 0 Å². The number of benzene rings is 7. The van der Waals surface area contributed by atoms with Gasteiger partial charge in [-0.25, -0.2) is 0 Å². The predicted molar refractivity (Wildman–Crippen MR) is 171 cm³/mol. The van der Waals surface area contributed by atoms with Gasteiger partial charge in [0, 0.05) is 40.1 Å². The fourth-order valence-electron chi connectivity index (χ4n) is 6.70. The van der Waals surface area contributed by atoms with E-state index in [1.54, 1.807) is 0 Å². The van der Waals surface area contributed by atoms with Crippen molar-refractivity contribution in [3.05, 3.63) is 139 Å². The highest BCUT2D eigenvalue weighted by Gasteiger charge is 2.23. The first kappa shape index (κ1) is 23.5. The summed E-state index contributed by atoms with van der Waals surface area (Å²) in [5.41, 5.74) is 7.87. The lowest BCUT2D eigenvalue weighted by Crippen LogP contribution is -2.24. The van der Waals surface area contributed by atoms with Crippen molar-refractivity contribution in [1.82, 2.24) is 0 Å². The van der Waals surface area contributed by atoms with Crippen molar-refractivity contribution in [2.24, 2.45) is 0 Å². The zero-order chi connectivity index (χ0) is 27.3. The van der Waals surface area contributed by atoms with Crippen molar-refractivity contribution in [1.29, 1.82) is 5.26 Å². The van der Waals surface area contributed by atoms with E-state index < -0.39 is 0 Å². The van der Waals surface area contributed by atoms with Gasteiger partial charge in [0.1, 0.15) is 0 Å². The number of aryl methyl sites for hydroxylation is 1. The molecule has 0 unspecified atom stereocenters. The van der Waals surface area contributed by atoms with Gasteiger partial charge in [0.25, 0.3) is 0 Å². The third kappa shape index (κ3) is 3.72. The Labute approximate surface area is 239 Å². The normalized spacial score (nSPS) is 13.0. The van der Waals surface area contributed by atoms with Crippen molar-refractivity contribution >= 4 is 60.8 Å². The van der Waals surface area contributed by atoms with Gasteiger partial charge in [-0.2, -0.15) is 5.26 Å². The Kier molecular flexibility index (Phi) is 5.40. The molecule has 1 aliphatic heterocycles. The SMILES string of the molecule is N#Cc1ccc2c(c1)CCCN2c1ccc2ccc3c(N(c4ccccc4)c4ccccc4)ccc4ccc1c2c43. The number of hydrogen-bond acceptors (Lipinski definition) is 3. The molecular formula is C38H27N3. The number of nitrogens with zero attached hydrogens (tertiary/aromatic N) is 3. The van der Waals surface area contributed by atoms with Gasteiger partial charge in [-0.3, -0.25) is 0 Å². The topological polar surface area (TPSA) is 30.3 Å². The molecule has 194 valence electrons. The van der Waals surface area contributed by atoms with Crippen LogP contribution in [0.2, 0.25) is 0 Å². The van der Waals surface area contributed by atoms with Crippen LogP contribution in [0, 0.1) is 11.3 Å². The molecule has 0 aliphatic carbocycles. The standard InChI is InChI=1S/C38H27N3/c39-25-26-13-20-34-29(24-26)8-7-23-40(34)35-21-16-27-15-19-33-36(22-17-28-14-18-32(35)37(27)38(28)33)41(30-9-3-1-4-10-30)31-11-5-2-6-12-31/h1-6,9-22,24H,7-8,23H2. The molecule has 1 aliphatic rings. The van der Waals surface area contributed by atoms with Gasteiger partial charge in [0.05, 0.1) is 17.3 Å². The van der Waals surface area contributed by atoms with Gasteiger partial charge in [-0.05, 0) is 94.5 Å². The third-order valence-electron chi connectivity index (χ3n) is 8.51. The summed E-state index contributed by atoms with van der Waals surface area (Å²) in [7, 11) is 0. The first-order valence-electron chi connectivity index (χ1n) is 14.2. The Morgan fingerprint density at radius 2 is 1.22 bits per heavy atom. The third-order valence-corrected chi connectivity index (χ3v) is 8.51. The number of para-hydroxylation sites is 2. The molecule has 0 saturated heterocycles. The van der Waals surface area contributed by atoms with E-state index in [0.717, 1.165) is 36.3 Å². The Balaban J connectivity index is 1.38. The van der Waals surface area contributed by atoms with Gasteiger partial charge in [0.2, 0.25) is 0 Å². The lowest BCUT2D eigenvalue weighted by atomic mass is 9.91. The molecule has 0 amide bonds. The van der Waals surface area contributed by atoms with Crippen LogP contribution in [-0.2, 0) is 6.42 Å². The van der Waals surface area contributed by atoms with Crippen LogP contribution >= 0.6 is 0 Å². The van der Waals surface area contributed by atoms with Crippen LogP contribution in [0.5, 0.6) is 0 Å². The molecule has 0 aromatic heterocycles. The van der Waals surface area contributed by atoms with Crippen molar-refractivity contribution in [2.75, 3.05) is 16.3 Å². The molecule has 0 fully saturated rings. The predicted octanol–water partition coefficient (Wildman–Crippen LogP) is 10.0. The number of nitriles is 1. The molecule has 0 N–H and O–H groups in total. The molecule has 0 radical (unpaired) electrons. The smallest absolute Gasteiger partial charge is 0.0991 e. The average molecular weight is 526 g/mol. The fourth-order valence-corrected chi connectivity index (χ4v) is 6.70. The van der Waals surface area contributed by atoms with Crippen LogP contribution in [0.4, 0.5) is 28.4 Å². The second kappa shape index (κ2) is 9.40. The van der Waals surface area contributed by atoms with E-state index in [1.165, 1.54) is 54.9 Å². The van der Waals surface area contributed by atoms with E-state index in [1.807, 2.05) is 6.07 Å². The minimum atomic E-state index is 0.731. The monoisotopic (exact) mass is 525 g/mol. The molecule has 0 saturated carbocycles. The molecule has 0 bridgehead atoms. The van der Waals surface area contributed by atoms with Gasteiger partial charge < -0.3 is 9.80 Å². The van der Waals surface area contributed by atoms with Crippen molar-refractivity contribution in [3.8, 4) is 6.07 Å². The number of fused-ring (bicyclic) bond motifs is 1. The highest BCUT2D eigenvalue weighted by molar-refractivity contribution is 6.27. The molecule has 3 heteroatoms. The zero-order valence-corrected chi connectivity index (χ0v) is 22.6. The largest absolute Gasteiger partial charge is 0.341 e. The van der Waals surface area contributed by atoms with E-state index in [-0.39, 0.29) is 0 Å². The zero-order valence-electron chi connectivity index (χ0n) is 22.6. The molecule has 8 rings (SSSR count). The number of hydrogen-bond donors (Lipinski definition) is 0. The maximum absolute atomic E-state index is 9.46. The van der Waals surface area contributed by atoms with Crippen molar-refractivity contribution in [2.45, 2.75) is 12.8 Å². The van der Waals surface area contributed by atoms with Crippen LogP contribution in [-0.4, -0.2) is 6.54 Å². The first-order valence-corrected chi connectivity index (χ1v) is 14.2. The molecule has 1 heterocycles. The van der Waals surface area contributed by atoms with E-state index in [4.69, 9.17) is 0 Å². The van der Waals surface area contributed by atoms with E-state index >= 15 is 0 Å². The highest BCUT2D eigenvalue weighted by Crippen LogP contribution is 2.46. The summed E-state index contributed by atoms with van der Waals surface area (Å²) in [6, 6.07) is 47.9. The molecule has 7 aromatic carbocycles. The molecule has 0 spiro atoms. The minimum absolute atomic E-state index is 0.731. The minimum Gasteiger partial charge on any atom is -0.341 e. The summed E-state index contributed by atoms with van der Waals surface area (Å²) < 4.78 is 0. The van der Waals surface area contributed by atoms with E-state index in [0.29, 0.717) is 0 Å². The average Bonchev–Trinajstić information content (AvgIpc) is 3.04. The van der Waals surface area contributed by atoms with E-state index in [9.17, 15) is 5.26 Å². The summed E-state index contributed by atoms with van der Waals surface area (Å²) in [5, 5.41) is 17.1. The molecule has 7 aromatic rings. The Bertz CT molecular complexity index is 2050. The summed E-state index contributed by atoms with van der Waals surface area (Å²) in [6.45, 7) is 0.962. The summed E-state index contributed by atoms with van der Waals surface area (Å²) >= 11 is 0. The van der Waals surface area contributed by atoms with Gasteiger partial charge in [0.15, 0.2) is 0 Å². The van der Waals surface area contributed by atoms with E-state index in [2.05, 4.69) is 137 Å². The Morgan fingerprint density at radius 3 is 1.93 bits per heavy atom. The first-order chi connectivity index (χ1) is 20.3. The van der Waals surface area contributed by atoms with Crippen LogP contribution in [0.25, 0.3) is 32.3 Å². The molecular weight excluding hydrogens is 498 g/mol. The van der Waals surface area contributed by atoms with Gasteiger partial charge in [-0.1, -0.05) is 72.8 Å². The maximum atomic E-state index is 9.46. The Hall–Kier alpha value is -5.33. The highest BCUT2D eigenvalue weighted by atomic mass is 15.1. The summed E-state index contributed by atoms with van der Waals surface area (Å²) in [4.78, 5) is 4.81. The van der Waals surface area contributed by atoms with Crippen LogP contribution < -0.4 is 9.80 Å². The van der Waals surface area contributed by atoms with Crippen LogP contribution in [0.3, 0.4) is 0 Å². The fraction of sp³-hybridized carbons (Fsp3) is 0.0789. The number of rotatable bonds is 4. The quantitative estimate of drug-likeness (QED) is 0.214. The summed E-state index contributed by atoms with van der Waals surface area (Å²) in [6.07, 6.45) is 2.07. The second-order valence-corrected chi connectivity index (χ2v) is 10.8. The van der Waals surface area contributed by atoms with Crippen LogP contribution in [0.1, 0.15) is 17.5 Å².